The van der Waals surface area contributed by atoms with Crippen LogP contribution < -0.4 is 9.47 Å². The largest absolute Gasteiger partial charge is 0.490 e. The van der Waals surface area contributed by atoms with E-state index in [0.29, 0.717) is 24.5 Å². The monoisotopic (exact) mass is 365 g/mol. The number of allylic oxidation sites excluding steroid dienone is 1. The Kier molecular flexibility index (Phi) is 5.60. The minimum Gasteiger partial charge on any atom is -0.490 e. The van der Waals surface area contributed by atoms with Crippen molar-refractivity contribution in [2.45, 2.75) is 13.3 Å². The number of Topliss-reactive ketones (excluding diaryl/α,β-unsaturated/α-hetero) is 1. The lowest BCUT2D eigenvalue weighted by molar-refractivity contribution is -0.130. The number of rotatable bonds is 6. The van der Waals surface area contributed by atoms with E-state index in [1.54, 1.807) is 20.2 Å². The summed E-state index contributed by atoms with van der Waals surface area (Å²) in [5.74, 6) is 1.01. The van der Waals surface area contributed by atoms with E-state index in [1.807, 2.05) is 49.4 Å². The van der Waals surface area contributed by atoms with Crippen molar-refractivity contribution in [3.63, 3.8) is 0 Å². The number of likely N-dealkylation sites (N-methyl/N-ethyl adjacent to an activating group) is 1. The summed E-state index contributed by atoms with van der Waals surface area (Å²) in [6.07, 6.45) is 2.52. The number of ketones is 1. The first-order valence-electron chi connectivity index (χ1n) is 8.92. The zero-order valence-electron chi connectivity index (χ0n) is 15.8. The summed E-state index contributed by atoms with van der Waals surface area (Å²) >= 11 is 0. The molecule has 0 saturated heterocycles. The number of fused-ring (bicyclic) bond motifs is 1. The summed E-state index contributed by atoms with van der Waals surface area (Å²) < 4.78 is 11.3. The molecule has 2 aromatic carbocycles. The topological polar surface area (TPSA) is 55.8 Å². The fraction of sp³-hybridized carbons (Fsp3) is 0.273. The summed E-state index contributed by atoms with van der Waals surface area (Å²) in [7, 11) is 3.36. The van der Waals surface area contributed by atoms with E-state index in [4.69, 9.17) is 9.47 Å². The average Bonchev–Trinajstić information content (AvgIpc) is 2.97. The van der Waals surface area contributed by atoms with Crippen LogP contribution in [0.3, 0.4) is 0 Å². The fourth-order valence-electron chi connectivity index (χ4n) is 2.94. The van der Waals surface area contributed by atoms with E-state index in [-0.39, 0.29) is 18.3 Å². The van der Waals surface area contributed by atoms with Crippen LogP contribution in [0.2, 0.25) is 0 Å². The predicted molar refractivity (Wildman–Crippen MR) is 104 cm³/mol. The molecule has 5 nitrogen and oxygen atoms in total. The molecule has 2 aromatic rings. The van der Waals surface area contributed by atoms with Gasteiger partial charge in [0, 0.05) is 31.7 Å². The highest BCUT2D eigenvalue weighted by Gasteiger charge is 2.24. The molecule has 27 heavy (non-hydrogen) atoms. The van der Waals surface area contributed by atoms with E-state index in [9.17, 15) is 9.59 Å². The van der Waals surface area contributed by atoms with Gasteiger partial charge in [-0.15, -0.1) is 0 Å². The summed E-state index contributed by atoms with van der Waals surface area (Å²) in [5.41, 5.74) is 3.45. The Morgan fingerprint density at radius 1 is 1.11 bits per heavy atom. The minimum absolute atomic E-state index is 0.0543. The van der Waals surface area contributed by atoms with Gasteiger partial charge in [-0.2, -0.15) is 0 Å². The van der Waals surface area contributed by atoms with E-state index in [2.05, 4.69) is 0 Å². The first-order chi connectivity index (χ1) is 13.0. The molecule has 5 heteroatoms. The lowest BCUT2D eigenvalue weighted by Crippen LogP contribution is -2.27. The van der Waals surface area contributed by atoms with Gasteiger partial charge in [0.05, 0.1) is 6.61 Å². The second-order valence-corrected chi connectivity index (χ2v) is 6.55. The number of carbonyl (C=O) groups excluding carboxylic acids is 2. The van der Waals surface area contributed by atoms with Crippen molar-refractivity contribution in [1.29, 1.82) is 0 Å². The van der Waals surface area contributed by atoms with Gasteiger partial charge in [0.25, 0.3) is 5.91 Å². The molecule has 0 heterocycles. The Balaban J connectivity index is 1.82. The standard InChI is InChI=1S/C22H23NO4/c1-4-26-20-12-15(9-10-19(20)27-14-21(24)23(2)3)11-17-13-16-7-5-6-8-18(16)22(17)25/h5-12H,4,13-14H2,1-3H3/b17-11-. The third-order valence-electron chi connectivity index (χ3n) is 4.39. The maximum atomic E-state index is 12.6. The van der Waals surface area contributed by atoms with Gasteiger partial charge in [0.1, 0.15) is 0 Å². The smallest absolute Gasteiger partial charge is 0.259 e. The Morgan fingerprint density at radius 3 is 2.59 bits per heavy atom. The Labute approximate surface area is 159 Å². The van der Waals surface area contributed by atoms with E-state index in [0.717, 1.165) is 22.3 Å². The molecule has 0 radical (unpaired) electrons. The van der Waals surface area contributed by atoms with Gasteiger partial charge in [-0.25, -0.2) is 0 Å². The van der Waals surface area contributed by atoms with Crippen LogP contribution in [0, 0.1) is 0 Å². The summed E-state index contributed by atoms with van der Waals surface area (Å²) in [6, 6.07) is 13.1. The molecule has 0 fully saturated rings. The van der Waals surface area contributed by atoms with Gasteiger partial charge >= 0.3 is 0 Å². The molecule has 1 amide bonds. The maximum Gasteiger partial charge on any atom is 0.259 e. The van der Waals surface area contributed by atoms with E-state index in [1.165, 1.54) is 4.90 Å². The molecule has 0 aliphatic heterocycles. The van der Waals surface area contributed by atoms with Crippen LogP contribution in [0.25, 0.3) is 6.08 Å². The van der Waals surface area contributed by atoms with Crippen LogP contribution >= 0.6 is 0 Å². The van der Waals surface area contributed by atoms with Crippen molar-refractivity contribution in [2.75, 3.05) is 27.3 Å². The van der Waals surface area contributed by atoms with Crippen molar-refractivity contribution >= 4 is 17.8 Å². The second kappa shape index (κ2) is 8.08. The Hall–Kier alpha value is -3.08. The molecule has 0 spiro atoms. The van der Waals surface area contributed by atoms with Gasteiger partial charge < -0.3 is 14.4 Å². The van der Waals surface area contributed by atoms with Crippen LogP contribution in [-0.4, -0.2) is 43.9 Å². The molecule has 0 aromatic heterocycles. The highest BCUT2D eigenvalue weighted by molar-refractivity contribution is 6.15. The van der Waals surface area contributed by atoms with Crippen molar-refractivity contribution in [1.82, 2.24) is 4.90 Å². The number of ether oxygens (including phenoxy) is 2. The first-order valence-corrected chi connectivity index (χ1v) is 8.92. The minimum atomic E-state index is -0.127. The number of nitrogens with zero attached hydrogens (tertiary/aromatic N) is 1. The molecular weight excluding hydrogens is 342 g/mol. The van der Waals surface area contributed by atoms with Crippen LogP contribution in [0.15, 0.2) is 48.0 Å². The van der Waals surface area contributed by atoms with Gasteiger partial charge in [-0.1, -0.05) is 30.3 Å². The third kappa shape index (κ3) is 4.19. The van der Waals surface area contributed by atoms with Gasteiger partial charge in [0.15, 0.2) is 23.9 Å². The molecule has 140 valence electrons. The van der Waals surface area contributed by atoms with Crippen LogP contribution in [0.4, 0.5) is 0 Å². The van der Waals surface area contributed by atoms with E-state index >= 15 is 0 Å². The summed E-state index contributed by atoms with van der Waals surface area (Å²) in [5, 5.41) is 0. The van der Waals surface area contributed by atoms with Crippen LogP contribution in [0.1, 0.15) is 28.4 Å². The molecule has 1 aliphatic rings. The Bertz CT molecular complexity index is 899. The SMILES string of the molecule is CCOc1cc(/C=C2/Cc3ccccc3C2=O)ccc1OCC(=O)N(C)C. The predicted octanol–water partition coefficient (Wildman–Crippen LogP) is 3.37. The van der Waals surface area contributed by atoms with Gasteiger partial charge in [-0.3, -0.25) is 9.59 Å². The number of benzene rings is 2. The Morgan fingerprint density at radius 2 is 1.89 bits per heavy atom. The quantitative estimate of drug-likeness (QED) is 0.737. The van der Waals surface area contributed by atoms with Crippen molar-refractivity contribution in [3.05, 3.63) is 64.7 Å². The summed E-state index contributed by atoms with van der Waals surface area (Å²) in [4.78, 5) is 25.8. The molecule has 1 aliphatic carbocycles. The highest BCUT2D eigenvalue weighted by Crippen LogP contribution is 2.32. The van der Waals surface area contributed by atoms with Crippen molar-refractivity contribution in [2.24, 2.45) is 0 Å². The molecular formula is C22H23NO4. The van der Waals surface area contributed by atoms with Crippen molar-refractivity contribution < 1.29 is 19.1 Å². The number of carbonyl (C=O) groups is 2. The van der Waals surface area contributed by atoms with Crippen LogP contribution in [-0.2, 0) is 11.2 Å². The molecule has 0 atom stereocenters. The molecule has 0 N–H and O–H groups in total. The maximum absolute atomic E-state index is 12.6. The molecule has 0 unspecified atom stereocenters. The lowest BCUT2D eigenvalue weighted by atomic mass is 10.1. The molecule has 0 saturated carbocycles. The third-order valence-corrected chi connectivity index (χ3v) is 4.39. The number of hydrogen-bond acceptors (Lipinski definition) is 4. The van der Waals surface area contributed by atoms with Crippen LogP contribution in [0.5, 0.6) is 11.5 Å². The first kappa shape index (κ1) is 18.7. The second-order valence-electron chi connectivity index (χ2n) is 6.55. The van der Waals surface area contributed by atoms with E-state index < -0.39 is 0 Å². The van der Waals surface area contributed by atoms with Gasteiger partial charge in [0.2, 0.25) is 0 Å². The van der Waals surface area contributed by atoms with Crippen molar-refractivity contribution in [3.8, 4) is 11.5 Å². The fourth-order valence-corrected chi connectivity index (χ4v) is 2.94. The molecule has 0 bridgehead atoms. The lowest BCUT2D eigenvalue weighted by Gasteiger charge is -2.14. The zero-order valence-corrected chi connectivity index (χ0v) is 15.8. The summed E-state index contributed by atoms with van der Waals surface area (Å²) in [6.45, 7) is 2.31. The van der Waals surface area contributed by atoms with Gasteiger partial charge in [-0.05, 0) is 36.3 Å². The number of amides is 1. The normalized spacial score (nSPS) is 14.2. The average molecular weight is 365 g/mol. The zero-order chi connectivity index (χ0) is 19.4. The molecule has 3 rings (SSSR count). The highest BCUT2D eigenvalue weighted by atomic mass is 16.5. The number of hydrogen-bond donors (Lipinski definition) is 0.